The van der Waals surface area contributed by atoms with Gasteiger partial charge in [0.15, 0.2) is 5.13 Å². The molecule has 2 aromatic heterocycles. The molecule has 56 heavy (non-hydrogen) atoms. The number of halogens is 1. The standard InChI is InChI=1S/C39H47BrN6O9S/c1-7-20-17-39(20,35(50)51)45-33(48)26-15-22(18-46(26)34(49)32(38(3,4)5)44-37(52)55-21-11-9-10-12-21)54-28-16-24(25-19-56-36(42-25)43-29(47)8-2)41-31-23(28)13-14-27(53-6)30(31)40/h7,13-14,16,19-22,26,32H,1,8-12,15,17-18H2,2-6H3,(H,44,52)(H,45,48)(H,50,51)(H,42,43,47)/t20-,22-,26+,32-,39-/m1/s1. The summed E-state index contributed by atoms with van der Waals surface area (Å²) in [7, 11) is 1.53. The van der Waals surface area contributed by atoms with Crippen molar-refractivity contribution in [2.45, 2.75) is 102 Å². The average molecular weight is 856 g/mol. The molecular formula is C39H47BrN6O9S. The molecule has 15 nitrogen and oxygen atoms in total. The number of thiazole rings is 1. The number of aromatic nitrogens is 2. The number of nitrogens with one attached hydrogen (secondary N) is 3. The molecule has 3 aliphatic rings. The third-order valence-corrected chi connectivity index (χ3v) is 12.0. The van der Waals surface area contributed by atoms with Crippen LogP contribution >= 0.6 is 27.3 Å². The molecule has 0 spiro atoms. The number of carboxylic acid groups (broad SMARTS) is 1. The van der Waals surface area contributed by atoms with Crippen LogP contribution < -0.4 is 25.4 Å². The smallest absolute Gasteiger partial charge is 0.408 e. The molecule has 300 valence electrons. The Morgan fingerprint density at radius 2 is 1.86 bits per heavy atom. The lowest BCUT2D eigenvalue weighted by molar-refractivity contribution is -0.146. The number of carbonyl (C=O) groups is 5. The minimum absolute atomic E-state index is 0.00971. The summed E-state index contributed by atoms with van der Waals surface area (Å²) in [6.45, 7) is 10.8. The minimum atomic E-state index is -1.54. The molecule has 4 amide bonds. The Kier molecular flexibility index (Phi) is 12.0. The van der Waals surface area contributed by atoms with Crippen molar-refractivity contribution in [1.29, 1.82) is 0 Å². The number of likely N-dealkylation sites (tertiary alicyclic amines) is 1. The van der Waals surface area contributed by atoms with Gasteiger partial charge >= 0.3 is 12.1 Å². The van der Waals surface area contributed by atoms with Crippen LogP contribution in [-0.4, -0.2) is 93.2 Å². The maximum Gasteiger partial charge on any atom is 0.408 e. The molecule has 4 N–H and O–H groups in total. The number of alkyl carbamates (subject to hydrolysis) is 1. The van der Waals surface area contributed by atoms with E-state index in [-0.39, 0.29) is 37.8 Å². The van der Waals surface area contributed by atoms with Gasteiger partial charge in [-0.15, -0.1) is 17.9 Å². The number of hydrogen-bond donors (Lipinski definition) is 4. The van der Waals surface area contributed by atoms with Gasteiger partial charge in [0.05, 0.1) is 29.3 Å². The predicted octanol–water partition coefficient (Wildman–Crippen LogP) is 6.06. The zero-order valence-electron chi connectivity index (χ0n) is 32.0. The molecule has 3 fully saturated rings. The van der Waals surface area contributed by atoms with Crippen molar-refractivity contribution >= 4 is 73.1 Å². The quantitative estimate of drug-likeness (QED) is 0.146. The highest BCUT2D eigenvalue weighted by molar-refractivity contribution is 9.10. The molecule has 6 rings (SSSR count). The number of ether oxygens (including phenoxy) is 3. The van der Waals surface area contributed by atoms with Crippen molar-refractivity contribution in [2.75, 3.05) is 19.0 Å². The number of benzene rings is 1. The number of amides is 4. The van der Waals surface area contributed by atoms with Crippen molar-refractivity contribution in [2.24, 2.45) is 11.3 Å². The van der Waals surface area contributed by atoms with E-state index in [1.54, 1.807) is 51.3 Å². The molecular weight excluding hydrogens is 808 g/mol. The fourth-order valence-corrected chi connectivity index (χ4v) is 8.57. The van der Waals surface area contributed by atoms with Gasteiger partial charge < -0.3 is 40.2 Å². The van der Waals surface area contributed by atoms with Crippen molar-refractivity contribution in [3.8, 4) is 22.9 Å². The van der Waals surface area contributed by atoms with Crippen molar-refractivity contribution in [1.82, 2.24) is 25.5 Å². The SMILES string of the molecule is C=C[C@@H]1C[C@]1(NC(=O)[C@@H]1C[C@@H](Oc2cc(-c3csc(NC(=O)CC)n3)nc3c(Br)c(OC)ccc23)CN1C(=O)[C@@H](NC(=O)OC1CCCC1)C(C)(C)C)C(=O)O. The van der Waals surface area contributed by atoms with Crippen LogP contribution in [-0.2, 0) is 23.9 Å². The first kappa shape index (κ1) is 40.9. The molecule has 0 bridgehead atoms. The molecule has 17 heteroatoms. The van der Waals surface area contributed by atoms with E-state index in [4.69, 9.17) is 19.2 Å². The van der Waals surface area contributed by atoms with Gasteiger partial charge in [-0.05, 0) is 65.6 Å². The molecule has 0 unspecified atom stereocenters. The molecule has 1 aromatic carbocycles. The van der Waals surface area contributed by atoms with E-state index < -0.39 is 58.9 Å². The van der Waals surface area contributed by atoms with Gasteiger partial charge in [0.25, 0.3) is 0 Å². The fraction of sp³-hybridized carbons (Fsp3) is 0.513. The molecule has 2 saturated carbocycles. The number of carboxylic acids is 1. The van der Waals surface area contributed by atoms with E-state index in [0.717, 1.165) is 25.7 Å². The molecule has 1 aliphatic heterocycles. The molecule has 0 radical (unpaired) electrons. The minimum Gasteiger partial charge on any atom is -0.495 e. The molecule has 3 aromatic rings. The molecule has 2 aliphatic carbocycles. The van der Waals surface area contributed by atoms with E-state index >= 15 is 0 Å². The summed E-state index contributed by atoms with van der Waals surface area (Å²) < 4.78 is 18.4. The third-order valence-electron chi connectivity index (χ3n) is 10.5. The molecule has 3 heterocycles. The number of fused-ring (bicyclic) bond motifs is 1. The van der Waals surface area contributed by atoms with Gasteiger partial charge in [0.2, 0.25) is 17.7 Å². The second-order valence-corrected chi connectivity index (χ2v) is 17.1. The number of rotatable bonds is 13. The maximum absolute atomic E-state index is 14.6. The number of anilines is 1. The Morgan fingerprint density at radius 3 is 2.48 bits per heavy atom. The average Bonchev–Trinajstić information content (AvgIpc) is 3.57. The summed E-state index contributed by atoms with van der Waals surface area (Å²) in [5.74, 6) is -2.15. The van der Waals surface area contributed by atoms with Gasteiger partial charge in [-0.2, -0.15) is 0 Å². The van der Waals surface area contributed by atoms with Gasteiger partial charge in [-0.1, -0.05) is 33.8 Å². The zero-order chi connectivity index (χ0) is 40.5. The van der Waals surface area contributed by atoms with Gasteiger partial charge in [-0.25, -0.2) is 19.6 Å². The van der Waals surface area contributed by atoms with Crippen molar-refractivity contribution < 1.29 is 43.3 Å². The monoisotopic (exact) mass is 854 g/mol. The van der Waals surface area contributed by atoms with Crippen LogP contribution in [0.4, 0.5) is 9.93 Å². The Labute approximate surface area is 337 Å². The normalized spacial score (nSPS) is 22.6. The number of methoxy groups -OCH3 is 1. The fourth-order valence-electron chi connectivity index (χ4n) is 7.25. The third kappa shape index (κ3) is 8.48. The van der Waals surface area contributed by atoms with Crippen molar-refractivity contribution in [3.63, 3.8) is 0 Å². The van der Waals surface area contributed by atoms with E-state index in [9.17, 15) is 29.1 Å². The highest BCUT2D eigenvalue weighted by Crippen LogP contribution is 2.45. The summed E-state index contributed by atoms with van der Waals surface area (Å²) in [6.07, 6.45) is 3.66. The van der Waals surface area contributed by atoms with Gasteiger partial charge in [0, 0.05) is 35.6 Å². The van der Waals surface area contributed by atoms with Crippen molar-refractivity contribution in [3.05, 3.63) is 40.7 Å². The maximum atomic E-state index is 14.6. The summed E-state index contributed by atoms with van der Waals surface area (Å²) in [5.41, 5.74) is -0.936. The topological polar surface area (TPSA) is 198 Å². The summed E-state index contributed by atoms with van der Waals surface area (Å²) >= 11 is 4.86. The molecule has 1 saturated heterocycles. The number of carbonyl (C=O) groups excluding carboxylic acids is 4. The van der Waals surface area contributed by atoms with E-state index in [1.807, 2.05) is 0 Å². The highest BCUT2D eigenvalue weighted by Gasteiger charge is 2.61. The van der Waals surface area contributed by atoms with Gasteiger partial charge in [0.1, 0.15) is 47.0 Å². The Balaban J connectivity index is 1.34. The first-order chi connectivity index (χ1) is 26.6. The largest absolute Gasteiger partial charge is 0.495 e. The first-order valence-electron chi connectivity index (χ1n) is 18.6. The lowest BCUT2D eigenvalue weighted by atomic mass is 9.85. The van der Waals surface area contributed by atoms with E-state index in [1.165, 1.54) is 29.4 Å². The lowest BCUT2D eigenvalue weighted by Gasteiger charge is -2.35. The number of hydrogen-bond acceptors (Lipinski definition) is 11. The number of aliphatic carboxylic acids is 1. The van der Waals surface area contributed by atoms with Crippen LogP contribution in [0, 0.1) is 11.3 Å². The van der Waals surface area contributed by atoms with E-state index in [0.29, 0.717) is 43.4 Å². The number of pyridine rings is 1. The predicted molar refractivity (Wildman–Crippen MR) is 212 cm³/mol. The van der Waals surface area contributed by atoms with Crippen LogP contribution in [0.2, 0.25) is 0 Å². The summed E-state index contributed by atoms with van der Waals surface area (Å²) in [4.78, 5) is 77.1. The molecule has 5 atom stereocenters. The second-order valence-electron chi connectivity index (χ2n) is 15.5. The first-order valence-corrected chi connectivity index (χ1v) is 20.3. The Bertz CT molecular complexity index is 2050. The Hall–Kier alpha value is -4.77. The van der Waals surface area contributed by atoms with Crippen LogP contribution in [0.15, 0.2) is 40.7 Å². The lowest BCUT2D eigenvalue weighted by Crippen LogP contribution is -2.59. The summed E-state index contributed by atoms with van der Waals surface area (Å²) in [6, 6.07) is 3.01. The van der Waals surface area contributed by atoms with Crippen LogP contribution in [0.1, 0.15) is 72.6 Å². The van der Waals surface area contributed by atoms with Crippen LogP contribution in [0.5, 0.6) is 11.5 Å². The zero-order valence-corrected chi connectivity index (χ0v) is 34.4. The van der Waals surface area contributed by atoms with Gasteiger partial charge in [-0.3, -0.25) is 14.4 Å². The summed E-state index contributed by atoms with van der Waals surface area (Å²) in [5, 5.41) is 21.1. The number of nitrogens with zero attached hydrogens (tertiary/aromatic N) is 3. The van der Waals surface area contributed by atoms with E-state index in [2.05, 4.69) is 43.4 Å². The Morgan fingerprint density at radius 1 is 1.12 bits per heavy atom. The van der Waals surface area contributed by atoms with Crippen LogP contribution in [0.25, 0.3) is 22.3 Å². The van der Waals surface area contributed by atoms with Crippen LogP contribution in [0.3, 0.4) is 0 Å². The second kappa shape index (κ2) is 16.4. The highest BCUT2D eigenvalue weighted by atomic mass is 79.9.